The lowest BCUT2D eigenvalue weighted by Gasteiger charge is -2.34. The van der Waals surface area contributed by atoms with Crippen LogP contribution < -0.4 is 11.1 Å². The summed E-state index contributed by atoms with van der Waals surface area (Å²) >= 11 is 0. The minimum Gasteiger partial charge on any atom is -0.381 e. The first kappa shape index (κ1) is 16.8. The molecule has 0 radical (unpaired) electrons. The van der Waals surface area contributed by atoms with Crippen LogP contribution in [-0.4, -0.2) is 30.7 Å². The zero-order valence-electron chi connectivity index (χ0n) is 13.5. The summed E-state index contributed by atoms with van der Waals surface area (Å²) in [7, 11) is 0. The summed E-state index contributed by atoms with van der Waals surface area (Å²) in [6.45, 7) is 3.84. The average Bonchev–Trinajstić information content (AvgIpc) is 3.17. The van der Waals surface area contributed by atoms with Crippen LogP contribution in [0, 0.1) is 5.92 Å². The van der Waals surface area contributed by atoms with Crippen molar-refractivity contribution in [1.82, 2.24) is 5.32 Å². The third-order valence-electron chi connectivity index (χ3n) is 5.05. The van der Waals surface area contributed by atoms with Gasteiger partial charge in [-0.3, -0.25) is 4.79 Å². The smallest absolute Gasteiger partial charge is 0.238 e. The topological polar surface area (TPSA) is 64.3 Å². The van der Waals surface area contributed by atoms with E-state index in [1.165, 1.54) is 32.1 Å². The maximum Gasteiger partial charge on any atom is 0.238 e. The molecule has 4 nitrogen and oxygen atoms in total. The van der Waals surface area contributed by atoms with Crippen LogP contribution in [0.25, 0.3) is 0 Å². The van der Waals surface area contributed by atoms with Gasteiger partial charge in [0.25, 0.3) is 0 Å². The maximum absolute atomic E-state index is 12.0. The van der Waals surface area contributed by atoms with E-state index in [4.69, 9.17) is 10.5 Å². The second kappa shape index (κ2) is 8.14. The fraction of sp³-hybridized carbons (Fsp3) is 0.941. The van der Waals surface area contributed by atoms with Crippen molar-refractivity contribution >= 4 is 5.91 Å². The van der Waals surface area contributed by atoms with Crippen molar-refractivity contribution in [2.75, 3.05) is 13.2 Å². The molecule has 0 aliphatic heterocycles. The minimum absolute atomic E-state index is 0.153. The van der Waals surface area contributed by atoms with E-state index in [-0.39, 0.29) is 5.91 Å². The summed E-state index contributed by atoms with van der Waals surface area (Å²) in [5.74, 6) is 0.200. The van der Waals surface area contributed by atoms with Gasteiger partial charge in [-0.15, -0.1) is 0 Å². The number of ether oxygens (including phenoxy) is 1. The van der Waals surface area contributed by atoms with E-state index >= 15 is 0 Å². The predicted octanol–water partition coefficient (Wildman–Crippen LogP) is 2.75. The molecule has 3 N–H and O–H groups in total. The molecule has 122 valence electrons. The number of amides is 1. The molecule has 0 spiro atoms. The van der Waals surface area contributed by atoms with Gasteiger partial charge in [0.1, 0.15) is 5.54 Å². The Balaban J connectivity index is 1.71. The molecule has 0 aromatic rings. The Hall–Kier alpha value is -0.610. The highest BCUT2D eigenvalue weighted by atomic mass is 16.5. The Bertz CT molecular complexity index is 331. The number of primary amides is 1. The van der Waals surface area contributed by atoms with Gasteiger partial charge in [0, 0.05) is 19.3 Å². The highest BCUT2D eigenvalue weighted by Gasteiger charge is 2.49. The number of carbonyl (C=O) groups excluding carboxylic acids is 1. The van der Waals surface area contributed by atoms with Crippen molar-refractivity contribution in [3.63, 3.8) is 0 Å². The molecule has 2 unspecified atom stereocenters. The van der Waals surface area contributed by atoms with Crippen LogP contribution in [0.2, 0.25) is 0 Å². The van der Waals surface area contributed by atoms with Crippen LogP contribution in [0.3, 0.4) is 0 Å². The van der Waals surface area contributed by atoms with E-state index in [0.717, 1.165) is 45.3 Å². The molecule has 2 fully saturated rings. The average molecular weight is 296 g/mol. The van der Waals surface area contributed by atoms with Crippen molar-refractivity contribution in [2.45, 2.75) is 82.7 Å². The van der Waals surface area contributed by atoms with Gasteiger partial charge in [0.15, 0.2) is 0 Å². The molecule has 2 saturated carbocycles. The van der Waals surface area contributed by atoms with E-state index in [1.54, 1.807) is 0 Å². The number of carbonyl (C=O) groups is 1. The summed E-state index contributed by atoms with van der Waals surface area (Å²) in [5, 5.41) is 3.55. The molecule has 0 saturated heterocycles. The zero-order chi connectivity index (χ0) is 15.1. The fourth-order valence-electron chi connectivity index (χ4n) is 3.60. The Morgan fingerprint density at radius 1 is 1.24 bits per heavy atom. The molecule has 0 aromatic heterocycles. The molecular weight excluding hydrogens is 264 g/mol. The third kappa shape index (κ3) is 4.68. The van der Waals surface area contributed by atoms with Crippen molar-refractivity contribution in [1.29, 1.82) is 0 Å². The van der Waals surface area contributed by atoms with Crippen LogP contribution in [0.15, 0.2) is 0 Å². The maximum atomic E-state index is 12.0. The minimum atomic E-state index is -0.452. The Morgan fingerprint density at radius 2 is 2.05 bits per heavy atom. The predicted molar refractivity (Wildman–Crippen MR) is 85.0 cm³/mol. The molecule has 2 aliphatic rings. The van der Waals surface area contributed by atoms with Gasteiger partial charge in [-0.05, 0) is 44.4 Å². The first-order valence-corrected chi connectivity index (χ1v) is 8.84. The van der Waals surface area contributed by atoms with Crippen LogP contribution in [0.5, 0.6) is 0 Å². The van der Waals surface area contributed by atoms with Crippen LogP contribution in [0.4, 0.5) is 0 Å². The van der Waals surface area contributed by atoms with Gasteiger partial charge < -0.3 is 15.8 Å². The second-order valence-electron chi connectivity index (χ2n) is 6.81. The first-order valence-electron chi connectivity index (χ1n) is 8.84. The molecule has 1 amide bonds. The SMILES string of the molecule is CCCCCCOCCC1CCCC1(NC1CC1)C(N)=O. The van der Waals surface area contributed by atoms with Crippen molar-refractivity contribution in [3.8, 4) is 0 Å². The van der Waals surface area contributed by atoms with Crippen molar-refractivity contribution in [3.05, 3.63) is 0 Å². The molecule has 0 bridgehead atoms. The van der Waals surface area contributed by atoms with E-state index in [9.17, 15) is 4.79 Å². The van der Waals surface area contributed by atoms with E-state index < -0.39 is 5.54 Å². The number of nitrogens with one attached hydrogen (secondary N) is 1. The molecule has 0 heterocycles. The number of nitrogens with two attached hydrogens (primary N) is 1. The van der Waals surface area contributed by atoms with E-state index in [1.807, 2.05) is 0 Å². The molecule has 4 heteroatoms. The van der Waals surface area contributed by atoms with Gasteiger partial charge in [-0.25, -0.2) is 0 Å². The highest BCUT2D eigenvalue weighted by molar-refractivity contribution is 5.85. The Labute approximate surface area is 129 Å². The lowest BCUT2D eigenvalue weighted by atomic mass is 9.84. The Kier molecular flexibility index (Phi) is 6.49. The zero-order valence-corrected chi connectivity index (χ0v) is 13.5. The molecular formula is C17H32N2O2. The van der Waals surface area contributed by atoms with E-state index in [0.29, 0.717) is 12.0 Å². The van der Waals surface area contributed by atoms with Crippen LogP contribution in [0.1, 0.15) is 71.1 Å². The van der Waals surface area contributed by atoms with Crippen molar-refractivity contribution < 1.29 is 9.53 Å². The molecule has 21 heavy (non-hydrogen) atoms. The fourth-order valence-corrected chi connectivity index (χ4v) is 3.60. The standard InChI is InChI=1S/C17H32N2O2/c1-2-3-4-5-12-21-13-10-14-7-6-11-17(14,16(18)20)19-15-8-9-15/h14-15,19H,2-13H2,1H3,(H2,18,20). The number of unbranched alkanes of at least 4 members (excludes halogenated alkanes) is 3. The summed E-state index contributed by atoms with van der Waals surface area (Å²) in [4.78, 5) is 12.0. The summed E-state index contributed by atoms with van der Waals surface area (Å²) in [6.07, 6.45) is 11.4. The number of rotatable bonds is 11. The van der Waals surface area contributed by atoms with Crippen LogP contribution >= 0.6 is 0 Å². The molecule has 0 aromatic carbocycles. The lowest BCUT2D eigenvalue weighted by Crippen LogP contribution is -2.58. The lowest BCUT2D eigenvalue weighted by molar-refractivity contribution is -0.126. The summed E-state index contributed by atoms with van der Waals surface area (Å²) < 4.78 is 5.76. The van der Waals surface area contributed by atoms with Gasteiger partial charge in [-0.2, -0.15) is 0 Å². The largest absolute Gasteiger partial charge is 0.381 e. The molecule has 2 rings (SSSR count). The number of hydrogen-bond acceptors (Lipinski definition) is 3. The highest BCUT2D eigenvalue weighted by Crippen LogP contribution is 2.40. The van der Waals surface area contributed by atoms with Gasteiger partial charge in [0.05, 0.1) is 0 Å². The Morgan fingerprint density at radius 3 is 2.71 bits per heavy atom. The normalized spacial score (nSPS) is 28.9. The van der Waals surface area contributed by atoms with E-state index in [2.05, 4.69) is 12.2 Å². The van der Waals surface area contributed by atoms with Crippen LogP contribution in [-0.2, 0) is 9.53 Å². The van der Waals surface area contributed by atoms with Crippen molar-refractivity contribution in [2.24, 2.45) is 11.7 Å². The molecule has 2 atom stereocenters. The molecule has 2 aliphatic carbocycles. The van der Waals surface area contributed by atoms with Gasteiger partial charge in [-0.1, -0.05) is 32.6 Å². The summed E-state index contributed by atoms with van der Waals surface area (Å²) in [6, 6.07) is 0.521. The monoisotopic (exact) mass is 296 g/mol. The quantitative estimate of drug-likeness (QED) is 0.576. The first-order chi connectivity index (χ1) is 10.2. The third-order valence-corrected chi connectivity index (χ3v) is 5.05. The summed E-state index contributed by atoms with van der Waals surface area (Å²) in [5.41, 5.74) is 5.29. The number of hydrogen-bond donors (Lipinski definition) is 2. The van der Waals surface area contributed by atoms with Gasteiger partial charge in [0.2, 0.25) is 5.91 Å². The second-order valence-corrected chi connectivity index (χ2v) is 6.81. The van der Waals surface area contributed by atoms with Gasteiger partial charge >= 0.3 is 0 Å².